The summed E-state index contributed by atoms with van der Waals surface area (Å²) in [5, 5.41) is 7.43. The number of nitrogens with one attached hydrogen (secondary N) is 1. The highest BCUT2D eigenvalue weighted by Crippen LogP contribution is 2.69. The van der Waals surface area contributed by atoms with E-state index in [0.717, 1.165) is 38.1 Å². The maximum absolute atomic E-state index is 13.6. The van der Waals surface area contributed by atoms with E-state index in [1.807, 2.05) is 24.0 Å². The largest absolute Gasteiger partial charge is 0.365 e. The molecule has 0 amide bonds. The normalized spacial score (nSPS) is 33.0. The molecule has 3 nitrogen and oxygen atoms in total. The Morgan fingerprint density at radius 1 is 1.15 bits per heavy atom. The molecule has 1 atom stereocenters. The fraction of sp³-hybridized carbons (Fsp3) is 0.773. The molecule has 2 bridgehead atoms. The highest BCUT2D eigenvalue weighted by molar-refractivity contribution is 5.89. The highest BCUT2D eigenvalue weighted by atomic mass is 19.1. The average Bonchev–Trinajstić information content (AvgIpc) is 3.19. The van der Waals surface area contributed by atoms with Gasteiger partial charge in [0.25, 0.3) is 0 Å². The molecule has 4 fully saturated rings. The van der Waals surface area contributed by atoms with Crippen molar-refractivity contribution in [2.75, 3.05) is 26.2 Å². The second-order valence-electron chi connectivity index (χ2n) is 8.90. The SMILES string of the molecule is C/C=C/C=C(\C(=N)F)N1CCN(C2CC3(C(C)(CC)CC)CC2C3)CC1. The molecule has 146 valence electrons. The second-order valence-corrected chi connectivity index (χ2v) is 8.90. The molecular weight excluding hydrogens is 325 g/mol. The summed E-state index contributed by atoms with van der Waals surface area (Å²) < 4.78 is 13.6. The van der Waals surface area contributed by atoms with Crippen LogP contribution < -0.4 is 0 Å². The van der Waals surface area contributed by atoms with Gasteiger partial charge in [0.15, 0.2) is 0 Å². The Bertz CT molecular complexity index is 576. The summed E-state index contributed by atoms with van der Waals surface area (Å²) in [6, 6.07) is 0.724. The molecule has 26 heavy (non-hydrogen) atoms. The van der Waals surface area contributed by atoms with Crippen LogP contribution in [0, 0.1) is 22.2 Å². The monoisotopic (exact) mass is 361 g/mol. The minimum atomic E-state index is -0.819. The van der Waals surface area contributed by atoms with Gasteiger partial charge in [-0.15, -0.1) is 0 Å². The van der Waals surface area contributed by atoms with E-state index in [2.05, 4.69) is 25.7 Å². The molecular formula is C22H36FN3. The van der Waals surface area contributed by atoms with E-state index in [9.17, 15) is 4.39 Å². The molecule has 1 aliphatic heterocycles. The quantitative estimate of drug-likeness (QED) is 0.510. The predicted molar refractivity (Wildman–Crippen MR) is 107 cm³/mol. The molecule has 4 heteroatoms. The predicted octanol–water partition coefficient (Wildman–Crippen LogP) is 5.01. The van der Waals surface area contributed by atoms with Crippen LogP contribution in [-0.4, -0.2) is 48.0 Å². The van der Waals surface area contributed by atoms with Crippen LogP contribution in [0.3, 0.4) is 0 Å². The lowest BCUT2D eigenvalue weighted by atomic mass is 9.53. The fourth-order valence-electron chi connectivity index (χ4n) is 5.92. The van der Waals surface area contributed by atoms with Gasteiger partial charge in [0.05, 0.1) is 5.70 Å². The van der Waals surface area contributed by atoms with Crippen molar-refractivity contribution >= 4 is 5.97 Å². The molecule has 0 spiro atoms. The topological polar surface area (TPSA) is 30.3 Å². The van der Waals surface area contributed by atoms with Crippen LogP contribution in [0.1, 0.15) is 59.8 Å². The lowest BCUT2D eigenvalue weighted by molar-refractivity contribution is -0.0243. The average molecular weight is 362 g/mol. The molecule has 1 N–H and O–H groups in total. The Labute approximate surface area is 158 Å². The number of piperazine rings is 1. The number of rotatable bonds is 7. The lowest BCUT2D eigenvalue weighted by Gasteiger charge is -2.52. The van der Waals surface area contributed by atoms with Gasteiger partial charge >= 0.3 is 0 Å². The Hall–Kier alpha value is -1.16. The van der Waals surface area contributed by atoms with E-state index in [1.165, 1.54) is 32.1 Å². The number of halogens is 1. The zero-order valence-electron chi connectivity index (χ0n) is 17.0. The fourth-order valence-corrected chi connectivity index (χ4v) is 5.92. The highest BCUT2D eigenvalue weighted by Gasteiger charge is 2.63. The third kappa shape index (κ3) is 3.15. The number of fused-ring (bicyclic) bond motifs is 1. The van der Waals surface area contributed by atoms with Gasteiger partial charge in [-0.25, -0.2) is 0 Å². The van der Waals surface area contributed by atoms with Crippen molar-refractivity contribution in [3.63, 3.8) is 0 Å². The van der Waals surface area contributed by atoms with Crippen molar-refractivity contribution < 1.29 is 4.39 Å². The molecule has 0 aromatic heterocycles. The van der Waals surface area contributed by atoms with Crippen molar-refractivity contribution in [2.45, 2.75) is 65.8 Å². The van der Waals surface area contributed by atoms with E-state index in [4.69, 9.17) is 5.41 Å². The minimum Gasteiger partial charge on any atom is -0.365 e. The maximum atomic E-state index is 13.6. The Morgan fingerprint density at radius 3 is 2.27 bits per heavy atom. The summed E-state index contributed by atoms with van der Waals surface area (Å²) in [4.78, 5) is 4.70. The molecule has 4 rings (SSSR count). The van der Waals surface area contributed by atoms with Crippen LogP contribution in [0.2, 0.25) is 0 Å². The summed E-state index contributed by atoms with van der Waals surface area (Å²) in [7, 11) is 0. The van der Waals surface area contributed by atoms with Crippen LogP contribution in [0.5, 0.6) is 0 Å². The molecule has 1 unspecified atom stereocenters. The van der Waals surface area contributed by atoms with Gasteiger partial charge in [-0.3, -0.25) is 10.3 Å². The zero-order chi connectivity index (χ0) is 18.9. The number of hydrogen-bond acceptors (Lipinski definition) is 3. The Balaban J connectivity index is 1.61. The maximum Gasteiger partial charge on any atom is 0.229 e. The van der Waals surface area contributed by atoms with Crippen LogP contribution in [0.4, 0.5) is 4.39 Å². The lowest BCUT2D eigenvalue weighted by Crippen LogP contribution is -2.51. The summed E-state index contributed by atoms with van der Waals surface area (Å²) in [6.45, 7) is 12.8. The summed E-state index contributed by atoms with van der Waals surface area (Å²) in [5.41, 5.74) is 1.49. The van der Waals surface area contributed by atoms with E-state index < -0.39 is 5.97 Å². The van der Waals surface area contributed by atoms with Crippen molar-refractivity contribution in [2.24, 2.45) is 16.7 Å². The molecule has 3 aliphatic carbocycles. The molecule has 0 aromatic carbocycles. The van der Waals surface area contributed by atoms with Gasteiger partial charge in [0.2, 0.25) is 5.97 Å². The Morgan fingerprint density at radius 2 is 1.77 bits per heavy atom. The standard InChI is InChI=1S/C22H36FN3/c1-5-8-9-18(20(23)24)25-10-12-26(13-11-25)19-16-22(14-17(19)15-22)21(4,6-2)7-3/h5,8-9,17,19,24H,6-7,10-16H2,1-4H3/b8-5+,18-9+,24-20?. The molecule has 1 heterocycles. The van der Waals surface area contributed by atoms with Gasteiger partial charge in [0, 0.05) is 32.2 Å². The smallest absolute Gasteiger partial charge is 0.229 e. The third-order valence-electron chi connectivity index (χ3n) is 8.09. The second kappa shape index (κ2) is 7.46. The number of nitrogens with zero attached hydrogens (tertiary/aromatic N) is 2. The van der Waals surface area contributed by atoms with Crippen molar-refractivity contribution in [3.8, 4) is 0 Å². The van der Waals surface area contributed by atoms with Gasteiger partial charge < -0.3 is 4.90 Å². The molecule has 0 aromatic rings. The van der Waals surface area contributed by atoms with Gasteiger partial charge in [-0.2, -0.15) is 4.39 Å². The van der Waals surface area contributed by atoms with Crippen LogP contribution in [0.15, 0.2) is 23.9 Å². The van der Waals surface area contributed by atoms with Gasteiger partial charge in [-0.05, 0) is 49.0 Å². The summed E-state index contributed by atoms with van der Waals surface area (Å²) >= 11 is 0. The van der Waals surface area contributed by atoms with E-state index in [0.29, 0.717) is 16.5 Å². The van der Waals surface area contributed by atoms with Crippen LogP contribution in [0.25, 0.3) is 0 Å². The van der Waals surface area contributed by atoms with Gasteiger partial charge in [-0.1, -0.05) is 45.8 Å². The third-order valence-corrected chi connectivity index (χ3v) is 8.09. The molecule has 1 saturated heterocycles. The first kappa shape index (κ1) is 19.6. The number of hydrogen-bond donors (Lipinski definition) is 1. The van der Waals surface area contributed by atoms with Gasteiger partial charge in [0.1, 0.15) is 0 Å². The summed E-state index contributed by atoms with van der Waals surface area (Å²) in [6.07, 6.45) is 12.2. The zero-order valence-corrected chi connectivity index (χ0v) is 17.0. The molecule has 0 radical (unpaired) electrons. The van der Waals surface area contributed by atoms with Crippen LogP contribution in [-0.2, 0) is 0 Å². The van der Waals surface area contributed by atoms with E-state index >= 15 is 0 Å². The first-order valence-corrected chi connectivity index (χ1v) is 10.5. The Kier molecular flexibility index (Phi) is 5.62. The molecule has 4 aliphatic rings. The number of allylic oxidation sites excluding steroid dienone is 4. The van der Waals surface area contributed by atoms with E-state index in [1.54, 1.807) is 6.08 Å². The van der Waals surface area contributed by atoms with E-state index in [-0.39, 0.29) is 0 Å². The summed E-state index contributed by atoms with van der Waals surface area (Å²) in [5.74, 6) is 0.0526. The van der Waals surface area contributed by atoms with Crippen molar-refractivity contribution in [3.05, 3.63) is 23.9 Å². The first-order valence-electron chi connectivity index (χ1n) is 10.5. The van der Waals surface area contributed by atoms with Crippen molar-refractivity contribution in [1.82, 2.24) is 9.80 Å². The minimum absolute atomic E-state index is 0.430. The molecule has 3 saturated carbocycles. The van der Waals surface area contributed by atoms with Crippen molar-refractivity contribution in [1.29, 1.82) is 5.41 Å². The first-order chi connectivity index (χ1) is 12.4. The van der Waals surface area contributed by atoms with Crippen LogP contribution >= 0.6 is 0 Å².